The van der Waals surface area contributed by atoms with Gasteiger partial charge in [-0.1, -0.05) is 19.4 Å². The summed E-state index contributed by atoms with van der Waals surface area (Å²) in [5, 5.41) is 3.43. The molecule has 5 nitrogen and oxygen atoms in total. The summed E-state index contributed by atoms with van der Waals surface area (Å²) in [6.07, 6.45) is 5.94. The summed E-state index contributed by atoms with van der Waals surface area (Å²) < 4.78 is 25.8. The maximum Gasteiger partial charge on any atom is 0.193 e. The Bertz CT molecular complexity index is 813. The van der Waals surface area contributed by atoms with E-state index in [1.54, 1.807) is 19.2 Å². The van der Waals surface area contributed by atoms with Crippen LogP contribution in [0, 0.1) is 19.3 Å². The van der Waals surface area contributed by atoms with Gasteiger partial charge < -0.3 is 10.2 Å². The molecule has 3 rings (SSSR count). The SMILES string of the molecule is CCC(CS(=O)(=O)c1ccc(C)c(C)c1)NC(=NC)N1CCC2(CCC2)C1. The largest absolute Gasteiger partial charge is 0.352 e. The van der Waals surface area contributed by atoms with E-state index >= 15 is 0 Å². The predicted octanol–water partition coefficient (Wildman–Crippen LogP) is 3.31. The number of rotatable bonds is 5. The van der Waals surface area contributed by atoms with Crippen LogP contribution in [-0.2, 0) is 9.84 Å². The van der Waals surface area contributed by atoms with Crippen LogP contribution in [0.4, 0.5) is 0 Å². The lowest BCUT2D eigenvalue weighted by Crippen LogP contribution is -2.48. The van der Waals surface area contributed by atoms with Crippen molar-refractivity contribution < 1.29 is 8.42 Å². The van der Waals surface area contributed by atoms with E-state index in [-0.39, 0.29) is 11.8 Å². The first kappa shape index (κ1) is 20.2. The Morgan fingerprint density at radius 3 is 2.52 bits per heavy atom. The second-order valence-corrected chi connectivity index (χ2v) is 10.4. The molecular formula is C21H33N3O2S. The molecular weight excluding hydrogens is 358 g/mol. The molecule has 1 N–H and O–H groups in total. The number of likely N-dealkylation sites (tertiary alicyclic amines) is 1. The highest BCUT2D eigenvalue weighted by atomic mass is 32.2. The van der Waals surface area contributed by atoms with Crippen molar-refractivity contribution in [1.29, 1.82) is 0 Å². The first-order valence-electron chi connectivity index (χ1n) is 10.1. The van der Waals surface area contributed by atoms with Crippen LogP contribution in [0.25, 0.3) is 0 Å². The highest BCUT2D eigenvalue weighted by molar-refractivity contribution is 7.91. The number of guanidine groups is 1. The van der Waals surface area contributed by atoms with Crippen LogP contribution in [0.2, 0.25) is 0 Å². The average molecular weight is 392 g/mol. The van der Waals surface area contributed by atoms with E-state index in [1.807, 2.05) is 26.8 Å². The molecule has 1 saturated carbocycles. The number of hydrogen-bond donors (Lipinski definition) is 1. The third kappa shape index (κ3) is 4.31. The van der Waals surface area contributed by atoms with E-state index in [4.69, 9.17) is 0 Å². The normalized spacial score (nSPS) is 20.6. The van der Waals surface area contributed by atoms with Crippen LogP contribution < -0.4 is 5.32 Å². The molecule has 1 aliphatic heterocycles. The lowest BCUT2D eigenvalue weighted by Gasteiger charge is -2.38. The Labute approximate surface area is 164 Å². The topological polar surface area (TPSA) is 61.8 Å². The third-order valence-corrected chi connectivity index (χ3v) is 8.26. The average Bonchev–Trinajstić information content (AvgIpc) is 3.06. The van der Waals surface area contributed by atoms with Crippen LogP contribution >= 0.6 is 0 Å². The van der Waals surface area contributed by atoms with Crippen molar-refractivity contribution in [2.24, 2.45) is 10.4 Å². The molecule has 2 aliphatic rings. The standard InChI is InChI=1S/C21H33N3O2S/c1-5-18(14-27(25,26)19-8-7-16(2)17(3)13-19)23-20(22-4)24-12-11-21(15-24)9-6-10-21/h7-8,13,18H,5-6,9-12,14-15H2,1-4H3,(H,22,23). The van der Waals surface area contributed by atoms with Crippen molar-refractivity contribution in [1.82, 2.24) is 10.2 Å². The van der Waals surface area contributed by atoms with Gasteiger partial charge in [0.25, 0.3) is 0 Å². The smallest absolute Gasteiger partial charge is 0.193 e. The minimum atomic E-state index is -3.34. The van der Waals surface area contributed by atoms with Crippen molar-refractivity contribution in [2.45, 2.75) is 63.8 Å². The van der Waals surface area contributed by atoms with Crippen molar-refractivity contribution >= 4 is 15.8 Å². The van der Waals surface area contributed by atoms with Gasteiger partial charge in [0, 0.05) is 26.2 Å². The fourth-order valence-corrected chi connectivity index (χ4v) is 5.88. The maximum atomic E-state index is 12.9. The summed E-state index contributed by atoms with van der Waals surface area (Å²) in [5.74, 6) is 0.935. The van der Waals surface area contributed by atoms with Gasteiger partial charge in [-0.3, -0.25) is 4.99 Å². The van der Waals surface area contributed by atoms with Gasteiger partial charge in [-0.2, -0.15) is 0 Å². The minimum absolute atomic E-state index is 0.0873. The number of aryl methyl sites for hydroxylation is 2. The molecule has 1 aromatic rings. The molecule has 0 aromatic heterocycles. The summed E-state index contributed by atoms with van der Waals surface area (Å²) in [4.78, 5) is 7.17. The van der Waals surface area contributed by atoms with Crippen LogP contribution in [-0.4, -0.2) is 51.2 Å². The first-order valence-corrected chi connectivity index (χ1v) is 11.7. The highest BCUT2D eigenvalue weighted by Gasteiger charge is 2.43. The van der Waals surface area contributed by atoms with Gasteiger partial charge in [0.05, 0.1) is 10.6 Å². The number of sulfone groups is 1. The summed E-state index contributed by atoms with van der Waals surface area (Å²) in [5.41, 5.74) is 2.61. The predicted molar refractivity (Wildman–Crippen MR) is 111 cm³/mol. The Kier molecular flexibility index (Phi) is 5.84. The van der Waals surface area contributed by atoms with Crippen LogP contribution in [0.5, 0.6) is 0 Å². The van der Waals surface area contributed by atoms with Gasteiger partial charge in [-0.05, 0) is 68.2 Å². The zero-order valence-corrected chi connectivity index (χ0v) is 17.9. The molecule has 27 heavy (non-hydrogen) atoms. The quantitative estimate of drug-likeness (QED) is 0.618. The molecule has 1 saturated heterocycles. The second-order valence-electron chi connectivity index (χ2n) is 8.35. The molecule has 1 heterocycles. The zero-order chi connectivity index (χ0) is 19.7. The van der Waals surface area contributed by atoms with E-state index in [0.29, 0.717) is 10.3 Å². The molecule has 1 unspecified atom stereocenters. The monoisotopic (exact) mass is 391 g/mol. The number of nitrogens with zero attached hydrogens (tertiary/aromatic N) is 2. The number of benzene rings is 1. The Morgan fingerprint density at radius 2 is 2.00 bits per heavy atom. The highest BCUT2D eigenvalue weighted by Crippen LogP contribution is 2.47. The fraction of sp³-hybridized carbons (Fsp3) is 0.667. The van der Waals surface area contributed by atoms with E-state index in [2.05, 4.69) is 15.2 Å². The van der Waals surface area contributed by atoms with E-state index in [0.717, 1.165) is 36.6 Å². The lowest BCUT2D eigenvalue weighted by molar-refractivity contribution is 0.151. The van der Waals surface area contributed by atoms with E-state index in [9.17, 15) is 8.42 Å². The van der Waals surface area contributed by atoms with Gasteiger partial charge in [0.15, 0.2) is 15.8 Å². The van der Waals surface area contributed by atoms with Crippen LogP contribution in [0.1, 0.15) is 50.2 Å². The molecule has 6 heteroatoms. The number of aliphatic imine (C=N–C) groups is 1. The summed E-state index contributed by atoms with van der Waals surface area (Å²) >= 11 is 0. The molecule has 1 aliphatic carbocycles. The third-order valence-electron chi connectivity index (χ3n) is 6.45. The van der Waals surface area contributed by atoms with Crippen molar-refractivity contribution in [3.05, 3.63) is 29.3 Å². The lowest BCUT2D eigenvalue weighted by atomic mass is 9.68. The van der Waals surface area contributed by atoms with E-state index in [1.165, 1.54) is 25.7 Å². The molecule has 0 radical (unpaired) electrons. The maximum absolute atomic E-state index is 12.9. The van der Waals surface area contributed by atoms with Gasteiger partial charge in [0.2, 0.25) is 0 Å². The molecule has 0 amide bonds. The van der Waals surface area contributed by atoms with Crippen LogP contribution in [0.15, 0.2) is 28.1 Å². The van der Waals surface area contributed by atoms with Crippen molar-refractivity contribution in [2.75, 3.05) is 25.9 Å². The molecule has 2 fully saturated rings. The number of nitrogens with one attached hydrogen (secondary N) is 1. The Hall–Kier alpha value is -1.56. The second kappa shape index (κ2) is 7.82. The molecule has 150 valence electrons. The van der Waals surface area contributed by atoms with Crippen molar-refractivity contribution in [3.8, 4) is 0 Å². The van der Waals surface area contributed by atoms with Crippen LogP contribution in [0.3, 0.4) is 0 Å². The zero-order valence-electron chi connectivity index (χ0n) is 17.1. The van der Waals surface area contributed by atoms with Gasteiger partial charge in [-0.15, -0.1) is 0 Å². The van der Waals surface area contributed by atoms with Gasteiger partial charge in [0.1, 0.15) is 0 Å². The first-order chi connectivity index (χ1) is 12.8. The van der Waals surface area contributed by atoms with E-state index < -0.39 is 9.84 Å². The Morgan fingerprint density at radius 1 is 1.26 bits per heavy atom. The van der Waals surface area contributed by atoms with Gasteiger partial charge >= 0.3 is 0 Å². The summed E-state index contributed by atoms with van der Waals surface area (Å²) in [6.45, 7) is 8.04. The molecule has 1 atom stereocenters. The number of hydrogen-bond acceptors (Lipinski definition) is 3. The van der Waals surface area contributed by atoms with Crippen molar-refractivity contribution in [3.63, 3.8) is 0 Å². The van der Waals surface area contributed by atoms with Gasteiger partial charge in [-0.25, -0.2) is 8.42 Å². The summed E-state index contributed by atoms with van der Waals surface area (Å²) in [6, 6.07) is 5.25. The minimum Gasteiger partial charge on any atom is -0.352 e. The molecule has 1 aromatic carbocycles. The fourth-order valence-electron chi connectivity index (χ4n) is 4.21. The molecule has 0 bridgehead atoms. The molecule has 1 spiro atoms. The Balaban J connectivity index is 1.68. The summed E-state index contributed by atoms with van der Waals surface area (Å²) in [7, 11) is -1.55.